The normalized spacial score (nSPS) is 12.0. The number of hydrogen-bond donors (Lipinski definition) is 3. The Labute approximate surface area is 123 Å². The molecule has 1 atom stereocenters. The Kier molecular flexibility index (Phi) is 4.53. The van der Waals surface area contributed by atoms with Gasteiger partial charge in [-0.25, -0.2) is 15.2 Å². The number of nitrogens with two attached hydrogens (primary N) is 1. The predicted molar refractivity (Wildman–Crippen MR) is 77.2 cm³/mol. The minimum absolute atomic E-state index is 0.123. The second-order valence-electron chi connectivity index (χ2n) is 4.00. The summed E-state index contributed by atoms with van der Waals surface area (Å²) in [7, 11) is 0. The molecule has 2 heterocycles. The molecular formula is C12H12ClFN4OS. The van der Waals surface area contributed by atoms with Crippen LogP contribution in [0.4, 0.5) is 10.2 Å². The van der Waals surface area contributed by atoms with Crippen LogP contribution in [-0.4, -0.2) is 10.9 Å². The van der Waals surface area contributed by atoms with Crippen molar-refractivity contribution in [2.75, 3.05) is 5.43 Å². The van der Waals surface area contributed by atoms with Gasteiger partial charge in [0.15, 0.2) is 11.6 Å². The van der Waals surface area contributed by atoms with Gasteiger partial charge in [-0.2, -0.15) is 0 Å². The fraction of sp³-hybridized carbons (Fsp3) is 0.167. The van der Waals surface area contributed by atoms with Crippen LogP contribution in [0.5, 0.6) is 0 Å². The van der Waals surface area contributed by atoms with E-state index in [0.29, 0.717) is 4.34 Å². The zero-order valence-corrected chi connectivity index (χ0v) is 12.1. The highest BCUT2D eigenvalue weighted by molar-refractivity contribution is 7.16. The molecule has 2 rings (SSSR count). The summed E-state index contributed by atoms with van der Waals surface area (Å²) in [5, 5.41) is 2.69. The Morgan fingerprint density at radius 2 is 2.25 bits per heavy atom. The minimum atomic E-state index is -0.788. The number of nitrogens with one attached hydrogen (secondary N) is 2. The molecule has 0 saturated heterocycles. The molecule has 0 bridgehead atoms. The van der Waals surface area contributed by atoms with Crippen molar-refractivity contribution in [3.8, 4) is 0 Å². The highest BCUT2D eigenvalue weighted by Gasteiger charge is 2.18. The number of hydrogen-bond acceptors (Lipinski definition) is 5. The summed E-state index contributed by atoms with van der Waals surface area (Å²) >= 11 is 7.20. The number of pyridine rings is 1. The molecule has 0 spiro atoms. The molecule has 4 N–H and O–H groups in total. The van der Waals surface area contributed by atoms with Gasteiger partial charge in [0.05, 0.1) is 15.9 Å². The lowest BCUT2D eigenvalue weighted by Crippen LogP contribution is -2.27. The summed E-state index contributed by atoms with van der Waals surface area (Å²) in [4.78, 5) is 16.6. The molecule has 2 aromatic heterocycles. The first-order chi connectivity index (χ1) is 9.52. The molecule has 20 heavy (non-hydrogen) atoms. The van der Waals surface area contributed by atoms with Gasteiger partial charge in [0, 0.05) is 11.1 Å². The van der Waals surface area contributed by atoms with Gasteiger partial charge in [0.1, 0.15) is 0 Å². The average molecular weight is 315 g/mol. The van der Waals surface area contributed by atoms with Crippen molar-refractivity contribution < 1.29 is 9.18 Å². The summed E-state index contributed by atoms with van der Waals surface area (Å²) in [5.41, 5.74) is 1.97. The Bertz CT molecular complexity index is 634. The van der Waals surface area contributed by atoms with Crippen LogP contribution in [0.25, 0.3) is 0 Å². The number of anilines is 1. The van der Waals surface area contributed by atoms with Crippen LogP contribution in [-0.2, 0) is 0 Å². The summed E-state index contributed by atoms with van der Waals surface area (Å²) in [5.74, 6) is 3.61. The average Bonchev–Trinajstić information content (AvgIpc) is 2.85. The van der Waals surface area contributed by atoms with Crippen LogP contribution in [0.3, 0.4) is 0 Å². The zero-order chi connectivity index (χ0) is 14.7. The van der Waals surface area contributed by atoms with E-state index >= 15 is 0 Å². The molecule has 0 aliphatic rings. The first-order valence-electron chi connectivity index (χ1n) is 5.70. The standard InChI is InChI=1S/C12H12ClFN4OS/c1-6(8-2-3-9(13)20-8)17-12(19)7-4-5-16-11(18-15)10(7)14/h2-6H,15H2,1H3,(H,16,18)(H,17,19). The topological polar surface area (TPSA) is 80.0 Å². The number of carbonyl (C=O) groups is 1. The third kappa shape index (κ3) is 3.06. The number of nitrogen functional groups attached to an aromatic ring is 1. The molecule has 1 unspecified atom stereocenters. The quantitative estimate of drug-likeness (QED) is 0.599. The Morgan fingerprint density at radius 3 is 2.85 bits per heavy atom. The minimum Gasteiger partial charge on any atom is -0.345 e. The van der Waals surface area contributed by atoms with Gasteiger partial charge in [0.2, 0.25) is 0 Å². The summed E-state index contributed by atoms with van der Waals surface area (Å²) in [6.45, 7) is 1.79. The SMILES string of the molecule is CC(NC(=O)c1ccnc(NN)c1F)c1ccc(Cl)s1. The maximum Gasteiger partial charge on any atom is 0.254 e. The van der Waals surface area contributed by atoms with Crippen LogP contribution in [0, 0.1) is 5.82 Å². The number of nitrogens with zero attached hydrogens (tertiary/aromatic N) is 1. The van der Waals surface area contributed by atoms with Gasteiger partial charge in [-0.15, -0.1) is 11.3 Å². The van der Waals surface area contributed by atoms with Crippen LogP contribution < -0.4 is 16.6 Å². The fourth-order valence-corrected chi connectivity index (χ4v) is 2.69. The van der Waals surface area contributed by atoms with Crippen LogP contribution >= 0.6 is 22.9 Å². The van der Waals surface area contributed by atoms with E-state index in [1.54, 1.807) is 13.0 Å². The van der Waals surface area contributed by atoms with Gasteiger partial charge in [0.25, 0.3) is 5.91 Å². The Balaban J connectivity index is 2.16. The lowest BCUT2D eigenvalue weighted by atomic mass is 10.2. The number of halogens is 2. The van der Waals surface area contributed by atoms with Gasteiger partial charge in [-0.1, -0.05) is 11.6 Å². The van der Waals surface area contributed by atoms with E-state index in [4.69, 9.17) is 17.4 Å². The van der Waals surface area contributed by atoms with Gasteiger partial charge >= 0.3 is 0 Å². The maximum atomic E-state index is 13.9. The first-order valence-corrected chi connectivity index (χ1v) is 6.89. The molecule has 8 heteroatoms. The zero-order valence-electron chi connectivity index (χ0n) is 10.5. The second kappa shape index (κ2) is 6.17. The van der Waals surface area contributed by atoms with E-state index in [9.17, 15) is 9.18 Å². The summed E-state index contributed by atoms with van der Waals surface area (Å²) in [6.07, 6.45) is 1.31. The second-order valence-corrected chi connectivity index (χ2v) is 5.75. The van der Waals surface area contributed by atoms with E-state index in [1.807, 2.05) is 6.07 Å². The van der Waals surface area contributed by atoms with Crippen molar-refractivity contribution in [3.63, 3.8) is 0 Å². The fourth-order valence-electron chi connectivity index (χ4n) is 1.63. The monoisotopic (exact) mass is 314 g/mol. The number of hydrazine groups is 1. The van der Waals surface area contributed by atoms with E-state index in [0.717, 1.165) is 4.88 Å². The molecule has 0 aromatic carbocycles. The van der Waals surface area contributed by atoms with Gasteiger partial charge in [-0.05, 0) is 25.1 Å². The molecule has 0 fully saturated rings. The third-order valence-corrected chi connectivity index (χ3v) is 4.05. The maximum absolute atomic E-state index is 13.9. The van der Waals surface area contributed by atoms with Gasteiger partial charge < -0.3 is 10.7 Å². The molecule has 1 amide bonds. The van der Waals surface area contributed by atoms with Crippen LogP contribution in [0.2, 0.25) is 4.34 Å². The van der Waals surface area contributed by atoms with Crippen molar-refractivity contribution in [2.24, 2.45) is 5.84 Å². The summed E-state index contributed by atoms with van der Waals surface area (Å²) < 4.78 is 14.5. The molecular weight excluding hydrogens is 303 g/mol. The molecule has 2 aromatic rings. The number of rotatable bonds is 4. The van der Waals surface area contributed by atoms with E-state index in [1.165, 1.54) is 23.6 Å². The smallest absolute Gasteiger partial charge is 0.254 e. The molecule has 0 aliphatic carbocycles. The Morgan fingerprint density at radius 1 is 1.50 bits per heavy atom. The first kappa shape index (κ1) is 14.7. The molecule has 106 valence electrons. The van der Waals surface area contributed by atoms with E-state index < -0.39 is 11.7 Å². The number of aromatic nitrogens is 1. The van der Waals surface area contributed by atoms with Crippen molar-refractivity contribution >= 4 is 34.7 Å². The molecule has 0 radical (unpaired) electrons. The third-order valence-electron chi connectivity index (χ3n) is 2.64. The highest BCUT2D eigenvalue weighted by Crippen LogP contribution is 2.27. The molecule has 0 saturated carbocycles. The Hall–Kier alpha value is -1.70. The van der Waals surface area contributed by atoms with Crippen molar-refractivity contribution in [3.05, 3.63) is 45.0 Å². The van der Waals surface area contributed by atoms with Gasteiger partial charge in [-0.3, -0.25) is 4.79 Å². The van der Waals surface area contributed by atoms with Crippen molar-refractivity contribution in [1.82, 2.24) is 10.3 Å². The largest absolute Gasteiger partial charge is 0.345 e. The van der Waals surface area contributed by atoms with E-state index in [-0.39, 0.29) is 17.4 Å². The van der Waals surface area contributed by atoms with Crippen LogP contribution in [0.1, 0.15) is 28.2 Å². The number of thiophene rings is 1. The van der Waals surface area contributed by atoms with Crippen molar-refractivity contribution in [2.45, 2.75) is 13.0 Å². The van der Waals surface area contributed by atoms with E-state index in [2.05, 4.69) is 15.7 Å². The lowest BCUT2D eigenvalue weighted by Gasteiger charge is -2.13. The molecule has 5 nitrogen and oxygen atoms in total. The van der Waals surface area contributed by atoms with Crippen LogP contribution in [0.15, 0.2) is 24.4 Å². The number of amides is 1. The lowest BCUT2D eigenvalue weighted by molar-refractivity contribution is 0.0936. The van der Waals surface area contributed by atoms with Crippen molar-refractivity contribution in [1.29, 1.82) is 0 Å². The predicted octanol–water partition coefficient (Wildman–Crippen LogP) is 2.71. The number of carbonyl (C=O) groups excluding carboxylic acids is 1. The highest BCUT2D eigenvalue weighted by atomic mass is 35.5. The molecule has 0 aliphatic heterocycles. The summed E-state index contributed by atoms with van der Waals surface area (Å²) in [6, 6.07) is 4.57.